The largest absolute Gasteiger partial charge is 0.481 e. The number of fused-ring (bicyclic) bond motifs is 1. The second kappa shape index (κ2) is 5.13. The average molecular weight is 250 g/mol. The summed E-state index contributed by atoms with van der Waals surface area (Å²) in [6.45, 7) is 3.98. The third kappa shape index (κ3) is 2.83. The number of carboxylic acids is 1. The average Bonchev–Trinajstić information content (AvgIpc) is 2.67. The highest BCUT2D eigenvalue weighted by molar-refractivity contribution is 8.00. The van der Waals surface area contributed by atoms with Crippen molar-refractivity contribution < 1.29 is 9.90 Å². The van der Waals surface area contributed by atoms with Crippen molar-refractivity contribution in [3.63, 3.8) is 0 Å². The Bertz CT molecular complexity index is 389. The van der Waals surface area contributed by atoms with Crippen molar-refractivity contribution in [2.45, 2.75) is 36.8 Å². The lowest BCUT2D eigenvalue weighted by Gasteiger charge is -2.19. The van der Waals surface area contributed by atoms with Crippen LogP contribution >= 0.6 is 11.8 Å². The van der Waals surface area contributed by atoms with Gasteiger partial charge in [0.1, 0.15) is 0 Å². The summed E-state index contributed by atoms with van der Waals surface area (Å²) < 4.78 is 0. The van der Waals surface area contributed by atoms with Gasteiger partial charge in [-0.15, -0.1) is 11.8 Å². The molecule has 2 unspecified atom stereocenters. The van der Waals surface area contributed by atoms with Gasteiger partial charge in [0.15, 0.2) is 0 Å². The number of carbonyl (C=O) groups is 1. The molecule has 2 atom stereocenters. The number of thioether (sulfide) groups is 1. The van der Waals surface area contributed by atoms with Gasteiger partial charge in [0.25, 0.3) is 0 Å². The first kappa shape index (κ1) is 12.5. The van der Waals surface area contributed by atoms with Gasteiger partial charge in [0.2, 0.25) is 0 Å². The molecule has 0 saturated heterocycles. The molecule has 0 bridgehead atoms. The summed E-state index contributed by atoms with van der Waals surface area (Å²) in [6, 6.07) is 8.38. The topological polar surface area (TPSA) is 37.3 Å². The summed E-state index contributed by atoms with van der Waals surface area (Å²) in [7, 11) is 0. The van der Waals surface area contributed by atoms with Crippen LogP contribution in [0.1, 0.15) is 25.8 Å². The fourth-order valence-corrected chi connectivity index (χ4v) is 3.71. The number of rotatable bonds is 4. The Balaban J connectivity index is 2.01. The monoisotopic (exact) mass is 250 g/mol. The molecule has 92 valence electrons. The summed E-state index contributed by atoms with van der Waals surface area (Å²) in [6.07, 6.45) is 1.78. The number of carboxylic acid groups (broad SMARTS) is 1. The SMILES string of the molecule is CC(C)C(CC1Cc2ccccc2S1)C(=O)O. The van der Waals surface area contributed by atoms with Crippen LogP contribution in [-0.4, -0.2) is 16.3 Å². The van der Waals surface area contributed by atoms with Gasteiger partial charge in [0.05, 0.1) is 5.92 Å². The van der Waals surface area contributed by atoms with E-state index in [1.165, 1.54) is 10.5 Å². The Morgan fingerprint density at radius 2 is 2.18 bits per heavy atom. The van der Waals surface area contributed by atoms with Crippen molar-refractivity contribution in [2.24, 2.45) is 11.8 Å². The van der Waals surface area contributed by atoms with Crippen molar-refractivity contribution in [1.29, 1.82) is 0 Å². The minimum absolute atomic E-state index is 0.205. The van der Waals surface area contributed by atoms with E-state index in [2.05, 4.69) is 18.2 Å². The fourth-order valence-electron chi connectivity index (χ4n) is 2.33. The van der Waals surface area contributed by atoms with Crippen LogP contribution in [0.2, 0.25) is 0 Å². The molecule has 0 amide bonds. The van der Waals surface area contributed by atoms with E-state index in [-0.39, 0.29) is 11.8 Å². The fraction of sp³-hybridized carbons (Fsp3) is 0.500. The van der Waals surface area contributed by atoms with Crippen LogP contribution in [0.3, 0.4) is 0 Å². The Morgan fingerprint density at radius 3 is 2.76 bits per heavy atom. The van der Waals surface area contributed by atoms with Gasteiger partial charge in [-0.3, -0.25) is 4.79 Å². The summed E-state index contributed by atoms with van der Waals surface area (Å²) in [5.74, 6) is -0.671. The zero-order valence-corrected chi connectivity index (χ0v) is 11.0. The van der Waals surface area contributed by atoms with Gasteiger partial charge in [0, 0.05) is 10.1 Å². The highest BCUT2D eigenvalue weighted by atomic mass is 32.2. The Morgan fingerprint density at radius 1 is 1.47 bits per heavy atom. The second-order valence-electron chi connectivity index (χ2n) is 4.98. The van der Waals surface area contributed by atoms with Crippen LogP contribution < -0.4 is 0 Å². The van der Waals surface area contributed by atoms with Crippen LogP contribution in [0.5, 0.6) is 0 Å². The van der Waals surface area contributed by atoms with Gasteiger partial charge in [-0.25, -0.2) is 0 Å². The van der Waals surface area contributed by atoms with E-state index >= 15 is 0 Å². The van der Waals surface area contributed by atoms with Crippen LogP contribution in [0, 0.1) is 11.8 Å². The molecular formula is C14H18O2S. The summed E-state index contributed by atoms with van der Waals surface area (Å²) in [5.41, 5.74) is 1.37. The van der Waals surface area contributed by atoms with Crippen molar-refractivity contribution >= 4 is 17.7 Å². The maximum Gasteiger partial charge on any atom is 0.306 e. The summed E-state index contributed by atoms with van der Waals surface area (Å²) in [5, 5.41) is 9.64. The lowest BCUT2D eigenvalue weighted by Crippen LogP contribution is -2.23. The second-order valence-corrected chi connectivity index (χ2v) is 6.32. The minimum Gasteiger partial charge on any atom is -0.481 e. The molecule has 0 spiro atoms. The first-order valence-electron chi connectivity index (χ1n) is 6.05. The third-order valence-electron chi connectivity index (χ3n) is 3.35. The van der Waals surface area contributed by atoms with Gasteiger partial charge < -0.3 is 5.11 Å². The quantitative estimate of drug-likeness (QED) is 0.889. The zero-order chi connectivity index (χ0) is 12.4. The smallest absolute Gasteiger partial charge is 0.306 e. The van der Waals surface area contributed by atoms with E-state index in [0.29, 0.717) is 5.25 Å². The predicted octanol–water partition coefficient (Wildman–Crippen LogP) is 3.45. The molecule has 3 heteroatoms. The molecular weight excluding hydrogens is 232 g/mol. The summed E-state index contributed by atoms with van der Waals surface area (Å²) in [4.78, 5) is 12.5. The molecule has 1 N–H and O–H groups in total. The molecule has 0 aliphatic carbocycles. The third-order valence-corrected chi connectivity index (χ3v) is 4.70. The van der Waals surface area contributed by atoms with Crippen molar-refractivity contribution in [2.75, 3.05) is 0 Å². The maximum absolute atomic E-state index is 11.2. The van der Waals surface area contributed by atoms with Gasteiger partial charge in [-0.2, -0.15) is 0 Å². The number of hydrogen-bond donors (Lipinski definition) is 1. The molecule has 0 aromatic heterocycles. The van der Waals surface area contributed by atoms with Crippen molar-refractivity contribution in [3.8, 4) is 0 Å². The van der Waals surface area contributed by atoms with E-state index in [1.54, 1.807) is 0 Å². The standard InChI is InChI=1S/C14H18O2S/c1-9(2)12(14(15)16)8-11-7-10-5-3-4-6-13(10)17-11/h3-6,9,11-12H,7-8H2,1-2H3,(H,15,16). The molecule has 1 aromatic rings. The summed E-state index contributed by atoms with van der Waals surface area (Å²) >= 11 is 1.84. The Kier molecular flexibility index (Phi) is 3.77. The first-order valence-corrected chi connectivity index (χ1v) is 6.93. The van der Waals surface area contributed by atoms with Crippen LogP contribution in [0.4, 0.5) is 0 Å². The van der Waals surface area contributed by atoms with Gasteiger partial charge >= 0.3 is 5.97 Å². The Labute approximate surface area is 106 Å². The first-order chi connectivity index (χ1) is 8.08. The van der Waals surface area contributed by atoms with Crippen molar-refractivity contribution in [1.82, 2.24) is 0 Å². The van der Waals surface area contributed by atoms with Gasteiger partial charge in [-0.05, 0) is 30.4 Å². The van der Waals surface area contributed by atoms with Crippen molar-refractivity contribution in [3.05, 3.63) is 29.8 Å². The number of aliphatic carboxylic acids is 1. The van der Waals surface area contributed by atoms with E-state index < -0.39 is 5.97 Å². The molecule has 0 fully saturated rings. The lowest BCUT2D eigenvalue weighted by atomic mass is 9.90. The highest BCUT2D eigenvalue weighted by Crippen LogP contribution is 2.40. The number of hydrogen-bond acceptors (Lipinski definition) is 2. The molecule has 1 aromatic carbocycles. The molecule has 1 heterocycles. The van der Waals surface area contributed by atoms with Crippen LogP contribution in [-0.2, 0) is 11.2 Å². The molecule has 17 heavy (non-hydrogen) atoms. The van der Waals surface area contributed by atoms with E-state index in [0.717, 1.165) is 12.8 Å². The van der Waals surface area contributed by atoms with E-state index in [4.69, 9.17) is 0 Å². The molecule has 2 rings (SSSR count). The maximum atomic E-state index is 11.2. The van der Waals surface area contributed by atoms with Crippen LogP contribution in [0.15, 0.2) is 29.2 Å². The molecule has 1 aliphatic heterocycles. The predicted molar refractivity (Wildman–Crippen MR) is 70.4 cm³/mol. The molecule has 0 radical (unpaired) electrons. The van der Waals surface area contributed by atoms with Crippen LogP contribution in [0.25, 0.3) is 0 Å². The van der Waals surface area contributed by atoms with Gasteiger partial charge in [-0.1, -0.05) is 32.0 Å². The Hall–Kier alpha value is -0.960. The lowest BCUT2D eigenvalue weighted by molar-refractivity contribution is -0.143. The minimum atomic E-state index is -0.656. The highest BCUT2D eigenvalue weighted by Gasteiger charge is 2.29. The molecule has 0 saturated carbocycles. The van der Waals surface area contributed by atoms with E-state index in [9.17, 15) is 9.90 Å². The molecule has 2 nitrogen and oxygen atoms in total. The normalized spacial score (nSPS) is 20.3. The van der Waals surface area contributed by atoms with E-state index in [1.807, 2.05) is 31.7 Å². The zero-order valence-electron chi connectivity index (χ0n) is 10.2. The number of benzene rings is 1. The molecule has 1 aliphatic rings.